The third-order valence-electron chi connectivity index (χ3n) is 4.17. The lowest BCUT2D eigenvalue weighted by Gasteiger charge is -2.33. The van der Waals surface area contributed by atoms with Gasteiger partial charge in [0.25, 0.3) is 10.0 Å². The number of fused-ring (bicyclic) bond motifs is 1. The Hall–Kier alpha value is -2.34. The van der Waals surface area contributed by atoms with Crippen LogP contribution in [-0.2, 0) is 26.8 Å². The molecule has 3 rings (SSSR count). The van der Waals surface area contributed by atoms with Gasteiger partial charge in [0.1, 0.15) is 0 Å². The second kappa shape index (κ2) is 5.63. The van der Waals surface area contributed by atoms with Crippen molar-refractivity contribution in [3.63, 3.8) is 0 Å². The summed E-state index contributed by atoms with van der Waals surface area (Å²) in [6, 6.07) is 12.0. The van der Waals surface area contributed by atoms with Crippen molar-refractivity contribution in [2.75, 3.05) is 4.72 Å². The fourth-order valence-corrected chi connectivity index (χ4v) is 4.03. The number of aryl methyl sites for hydroxylation is 1. The first-order valence-electron chi connectivity index (χ1n) is 7.71. The van der Waals surface area contributed by atoms with Crippen LogP contribution in [0.5, 0.6) is 0 Å². The number of anilines is 1. The van der Waals surface area contributed by atoms with Crippen LogP contribution in [0.25, 0.3) is 0 Å². The number of benzene rings is 2. The van der Waals surface area contributed by atoms with Crippen molar-refractivity contribution in [2.45, 2.75) is 37.6 Å². The molecule has 0 bridgehead atoms. The molecule has 2 aromatic carbocycles. The summed E-state index contributed by atoms with van der Waals surface area (Å²) in [5.74, 6) is -0.0639. The Morgan fingerprint density at radius 3 is 2.42 bits per heavy atom. The van der Waals surface area contributed by atoms with E-state index in [4.69, 9.17) is 0 Å². The molecule has 0 fully saturated rings. The molecule has 1 heterocycles. The van der Waals surface area contributed by atoms with Gasteiger partial charge in [0, 0.05) is 5.69 Å². The predicted octanol–water partition coefficient (Wildman–Crippen LogP) is 2.70. The summed E-state index contributed by atoms with van der Waals surface area (Å²) in [6.07, 6.45) is 0.249. The Balaban J connectivity index is 1.93. The molecule has 0 unspecified atom stereocenters. The zero-order valence-electron chi connectivity index (χ0n) is 13.9. The highest BCUT2D eigenvalue weighted by molar-refractivity contribution is 7.92. The van der Waals surface area contributed by atoms with Crippen molar-refractivity contribution in [3.8, 4) is 0 Å². The Morgan fingerprint density at radius 2 is 1.75 bits per heavy atom. The number of carbonyl (C=O) groups is 1. The molecule has 126 valence electrons. The van der Waals surface area contributed by atoms with Crippen LogP contribution in [0, 0.1) is 6.92 Å². The average Bonchev–Trinajstić information content (AvgIpc) is 2.45. The first-order valence-corrected chi connectivity index (χ1v) is 9.20. The molecule has 0 aromatic heterocycles. The lowest BCUT2D eigenvalue weighted by Crippen LogP contribution is -2.46. The van der Waals surface area contributed by atoms with E-state index in [1.807, 2.05) is 26.8 Å². The van der Waals surface area contributed by atoms with E-state index >= 15 is 0 Å². The van der Waals surface area contributed by atoms with Crippen LogP contribution < -0.4 is 10.0 Å². The molecule has 6 heteroatoms. The topological polar surface area (TPSA) is 75.3 Å². The van der Waals surface area contributed by atoms with Gasteiger partial charge in [-0.1, -0.05) is 23.8 Å². The molecule has 24 heavy (non-hydrogen) atoms. The average molecular weight is 344 g/mol. The normalized spacial score (nSPS) is 16.2. The summed E-state index contributed by atoms with van der Waals surface area (Å²) in [5, 5.41) is 2.93. The molecule has 0 spiro atoms. The van der Waals surface area contributed by atoms with Crippen LogP contribution in [0.2, 0.25) is 0 Å². The maximum atomic E-state index is 12.5. The Bertz CT molecular complexity index is 900. The lowest BCUT2D eigenvalue weighted by molar-refractivity contribution is -0.122. The smallest absolute Gasteiger partial charge is 0.261 e. The summed E-state index contributed by atoms with van der Waals surface area (Å²) in [6.45, 7) is 5.76. The minimum atomic E-state index is -3.65. The molecule has 0 aliphatic carbocycles. The highest BCUT2D eigenvalue weighted by Crippen LogP contribution is 2.31. The SMILES string of the molecule is Cc1ccc(S(=O)(=O)Nc2ccc3c(c2)CC(=O)NC3(C)C)cc1. The van der Waals surface area contributed by atoms with Crippen molar-refractivity contribution >= 4 is 21.6 Å². The lowest BCUT2D eigenvalue weighted by atomic mass is 9.85. The minimum absolute atomic E-state index is 0.0639. The number of hydrogen-bond acceptors (Lipinski definition) is 3. The van der Waals surface area contributed by atoms with E-state index in [1.165, 1.54) is 0 Å². The van der Waals surface area contributed by atoms with Gasteiger partial charge in [-0.15, -0.1) is 0 Å². The molecular formula is C18H20N2O3S. The Labute approximate surface area is 142 Å². The number of hydrogen-bond donors (Lipinski definition) is 2. The van der Waals surface area contributed by atoms with Gasteiger partial charge in [-0.3, -0.25) is 9.52 Å². The molecule has 5 nitrogen and oxygen atoms in total. The fraction of sp³-hybridized carbons (Fsp3) is 0.278. The van der Waals surface area contributed by atoms with E-state index in [1.54, 1.807) is 36.4 Å². The van der Waals surface area contributed by atoms with Gasteiger partial charge >= 0.3 is 0 Å². The molecule has 0 saturated carbocycles. The summed E-state index contributed by atoms with van der Waals surface area (Å²) < 4.78 is 27.6. The van der Waals surface area contributed by atoms with E-state index in [-0.39, 0.29) is 17.2 Å². The second-order valence-corrected chi connectivity index (χ2v) is 8.32. The van der Waals surface area contributed by atoms with Crippen molar-refractivity contribution in [1.29, 1.82) is 0 Å². The molecule has 0 atom stereocenters. The number of sulfonamides is 1. The van der Waals surface area contributed by atoms with Gasteiger partial charge in [0.2, 0.25) is 5.91 Å². The van der Waals surface area contributed by atoms with E-state index in [0.717, 1.165) is 16.7 Å². The third-order valence-corrected chi connectivity index (χ3v) is 5.56. The number of nitrogens with one attached hydrogen (secondary N) is 2. The Morgan fingerprint density at radius 1 is 1.08 bits per heavy atom. The number of amides is 1. The minimum Gasteiger partial charge on any atom is -0.347 e. The van der Waals surface area contributed by atoms with E-state index in [9.17, 15) is 13.2 Å². The van der Waals surface area contributed by atoms with Crippen molar-refractivity contribution in [3.05, 3.63) is 59.2 Å². The van der Waals surface area contributed by atoms with Gasteiger partial charge in [0.15, 0.2) is 0 Å². The van der Waals surface area contributed by atoms with Crippen LogP contribution in [0.4, 0.5) is 5.69 Å². The molecular weight excluding hydrogens is 324 g/mol. The number of carbonyl (C=O) groups excluding carboxylic acids is 1. The molecule has 0 radical (unpaired) electrons. The molecule has 1 aliphatic heterocycles. The second-order valence-electron chi connectivity index (χ2n) is 6.64. The molecule has 1 aliphatic rings. The standard InChI is InChI=1S/C18H20N2O3S/c1-12-4-7-15(8-5-12)24(22,23)20-14-6-9-16-13(10-14)11-17(21)19-18(16,2)3/h4-10,20H,11H2,1-3H3,(H,19,21). The maximum Gasteiger partial charge on any atom is 0.261 e. The third kappa shape index (κ3) is 3.14. The largest absolute Gasteiger partial charge is 0.347 e. The number of rotatable bonds is 3. The molecule has 2 aromatic rings. The first kappa shape index (κ1) is 16.5. The summed E-state index contributed by atoms with van der Waals surface area (Å²) in [7, 11) is -3.65. The van der Waals surface area contributed by atoms with Crippen molar-refractivity contribution < 1.29 is 13.2 Å². The zero-order valence-corrected chi connectivity index (χ0v) is 14.7. The highest BCUT2D eigenvalue weighted by atomic mass is 32.2. The van der Waals surface area contributed by atoms with Crippen molar-refractivity contribution in [2.24, 2.45) is 0 Å². The van der Waals surface area contributed by atoms with E-state index in [0.29, 0.717) is 5.69 Å². The maximum absolute atomic E-state index is 12.5. The Kier molecular flexibility index (Phi) is 3.87. The van der Waals surface area contributed by atoms with Crippen LogP contribution >= 0.6 is 0 Å². The molecule has 2 N–H and O–H groups in total. The first-order chi connectivity index (χ1) is 11.2. The summed E-state index contributed by atoms with van der Waals surface area (Å²) >= 11 is 0. The molecule has 0 saturated heterocycles. The molecule has 1 amide bonds. The van der Waals surface area contributed by atoms with Gasteiger partial charge in [-0.2, -0.15) is 0 Å². The summed E-state index contributed by atoms with van der Waals surface area (Å²) in [5.41, 5.74) is 2.84. The highest BCUT2D eigenvalue weighted by Gasteiger charge is 2.31. The van der Waals surface area contributed by atoms with Gasteiger partial charge in [-0.25, -0.2) is 8.42 Å². The van der Waals surface area contributed by atoms with E-state index in [2.05, 4.69) is 10.0 Å². The van der Waals surface area contributed by atoms with Gasteiger partial charge in [-0.05, 0) is 56.2 Å². The van der Waals surface area contributed by atoms with Crippen LogP contribution in [0.1, 0.15) is 30.5 Å². The van der Waals surface area contributed by atoms with Crippen LogP contribution in [0.15, 0.2) is 47.4 Å². The monoisotopic (exact) mass is 344 g/mol. The van der Waals surface area contributed by atoms with Gasteiger partial charge in [0.05, 0.1) is 16.9 Å². The van der Waals surface area contributed by atoms with Crippen LogP contribution in [0.3, 0.4) is 0 Å². The predicted molar refractivity (Wildman–Crippen MR) is 93.3 cm³/mol. The summed E-state index contributed by atoms with van der Waals surface area (Å²) in [4.78, 5) is 12.1. The van der Waals surface area contributed by atoms with Crippen LogP contribution in [-0.4, -0.2) is 14.3 Å². The van der Waals surface area contributed by atoms with Gasteiger partial charge < -0.3 is 5.32 Å². The quantitative estimate of drug-likeness (QED) is 0.899. The van der Waals surface area contributed by atoms with E-state index < -0.39 is 15.6 Å². The van der Waals surface area contributed by atoms with Crippen molar-refractivity contribution in [1.82, 2.24) is 5.32 Å². The zero-order chi connectivity index (χ0) is 17.5. The fourth-order valence-electron chi connectivity index (χ4n) is 2.98.